The number of guanidine groups is 1. The Labute approximate surface area is 174 Å². The molecule has 0 radical (unpaired) electrons. The minimum absolute atomic E-state index is 0. The van der Waals surface area contributed by atoms with Gasteiger partial charge in [-0.05, 0) is 25.3 Å². The van der Waals surface area contributed by atoms with E-state index in [-0.39, 0.29) is 41.9 Å². The number of aliphatic imine (C=N–C) groups is 1. The molecule has 1 saturated heterocycles. The maximum atomic E-state index is 11.3. The van der Waals surface area contributed by atoms with Gasteiger partial charge >= 0.3 is 0 Å². The van der Waals surface area contributed by atoms with Crippen LogP contribution in [-0.2, 0) is 14.6 Å². The van der Waals surface area contributed by atoms with Gasteiger partial charge in [-0.3, -0.25) is 4.99 Å². The van der Waals surface area contributed by atoms with Crippen molar-refractivity contribution in [3.8, 4) is 0 Å². The van der Waals surface area contributed by atoms with Crippen molar-refractivity contribution in [3.05, 3.63) is 35.9 Å². The molecule has 0 aromatic heterocycles. The third kappa shape index (κ3) is 7.79. The maximum absolute atomic E-state index is 11.3. The van der Waals surface area contributed by atoms with Gasteiger partial charge in [-0.1, -0.05) is 30.3 Å². The molecule has 1 heterocycles. The van der Waals surface area contributed by atoms with E-state index in [1.165, 1.54) is 11.8 Å². The van der Waals surface area contributed by atoms with Crippen LogP contribution in [0.15, 0.2) is 35.3 Å². The third-order valence-corrected chi connectivity index (χ3v) is 5.38. The third-order valence-electron chi connectivity index (χ3n) is 4.40. The predicted octanol–water partition coefficient (Wildman–Crippen LogP) is 2.37. The van der Waals surface area contributed by atoms with Gasteiger partial charge in [0.15, 0.2) is 5.96 Å². The van der Waals surface area contributed by atoms with Gasteiger partial charge in [0.1, 0.15) is 9.84 Å². The van der Waals surface area contributed by atoms with Gasteiger partial charge in [0.2, 0.25) is 0 Å². The van der Waals surface area contributed by atoms with Crippen LogP contribution in [0, 0.1) is 5.92 Å². The van der Waals surface area contributed by atoms with Crippen LogP contribution in [-0.4, -0.2) is 52.6 Å². The second-order valence-electron chi connectivity index (χ2n) is 6.67. The van der Waals surface area contributed by atoms with Gasteiger partial charge in [-0.25, -0.2) is 8.42 Å². The quantitative estimate of drug-likeness (QED) is 0.345. The molecule has 0 bridgehead atoms. The number of benzene rings is 1. The molecule has 0 saturated carbocycles. The largest absolute Gasteiger partial charge is 0.373 e. The zero-order valence-corrected chi connectivity index (χ0v) is 18.8. The number of hydrogen-bond donors (Lipinski definition) is 2. The van der Waals surface area contributed by atoms with Gasteiger partial charge in [0.25, 0.3) is 0 Å². The molecular weight excluding hydrogens is 465 g/mol. The second-order valence-corrected chi connectivity index (χ2v) is 8.93. The summed E-state index contributed by atoms with van der Waals surface area (Å²) in [6, 6.07) is 10.3. The molecule has 3 unspecified atom stereocenters. The summed E-state index contributed by atoms with van der Waals surface area (Å²) in [5.41, 5.74) is 1.20. The smallest absolute Gasteiger partial charge is 0.191 e. The van der Waals surface area contributed by atoms with E-state index < -0.39 is 9.84 Å². The van der Waals surface area contributed by atoms with Crippen molar-refractivity contribution in [2.24, 2.45) is 10.9 Å². The summed E-state index contributed by atoms with van der Waals surface area (Å²) in [7, 11) is -1.22. The molecule has 1 aliphatic rings. The monoisotopic (exact) mass is 495 g/mol. The zero-order valence-electron chi connectivity index (χ0n) is 15.6. The van der Waals surface area contributed by atoms with Crippen LogP contribution in [0.2, 0.25) is 0 Å². The van der Waals surface area contributed by atoms with E-state index in [9.17, 15) is 8.42 Å². The fourth-order valence-electron chi connectivity index (χ4n) is 2.97. The second kappa shape index (κ2) is 11.1. The molecule has 8 heteroatoms. The van der Waals surface area contributed by atoms with Crippen molar-refractivity contribution in [1.82, 2.24) is 10.6 Å². The minimum Gasteiger partial charge on any atom is -0.373 e. The molecule has 6 nitrogen and oxygen atoms in total. The molecule has 0 amide bonds. The van der Waals surface area contributed by atoms with Crippen LogP contribution in [0.1, 0.15) is 31.4 Å². The Morgan fingerprint density at radius 3 is 2.65 bits per heavy atom. The number of nitrogens with zero attached hydrogens (tertiary/aromatic N) is 1. The lowest BCUT2D eigenvalue weighted by Crippen LogP contribution is -2.44. The number of halogens is 1. The topological polar surface area (TPSA) is 79.8 Å². The summed E-state index contributed by atoms with van der Waals surface area (Å²) in [6.45, 7) is 3.49. The molecule has 2 rings (SSSR count). The van der Waals surface area contributed by atoms with Crippen molar-refractivity contribution >= 4 is 39.8 Å². The molecular formula is C18H30IN3O3S. The average Bonchev–Trinajstić information content (AvgIpc) is 3.05. The van der Waals surface area contributed by atoms with Crippen molar-refractivity contribution < 1.29 is 13.2 Å². The van der Waals surface area contributed by atoms with E-state index in [4.69, 9.17) is 4.74 Å². The van der Waals surface area contributed by atoms with E-state index in [0.29, 0.717) is 18.3 Å². The average molecular weight is 495 g/mol. The highest BCUT2D eigenvalue weighted by atomic mass is 127. The summed E-state index contributed by atoms with van der Waals surface area (Å²) < 4.78 is 28.5. The molecule has 0 aliphatic carbocycles. The molecule has 1 aromatic carbocycles. The first-order valence-electron chi connectivity index (χ1n) is 8.70. The van der Waals surface area contributed by atoms with E-state index in [1.54, 1.807) is 7.05 Å². The van der Waals surface area contributed by atoms with Gasteiger partial charge in [-0.15, -0.1) is 24.0 Å². The van der Waals surface area contributed by atoms with Crippen molar-refractivity contribution in [3.63, 3.8) is 0 Å². The van der Waals surface area contributed by atoms with Crippen molar-refractivity contribution in [2.75, 3.05) is 32.2 Å². The van der Waals surface area contributed by atoms with Crippen LogP contribution in [0.4, 0.5) is 0 Å². The summed E-state index contributed by atoms with van der Waals surface area (Å²) >= 11 is 0. The lowest BCUT2D eigenvalue weighted by Gasteiger charge is -2.22. The molecule has 1 fully saturated rings. The Morgan fingerprint density at radius 2 is 2.04 bits per heavy atom. The normalized spacial score (nSPS) is 21.7. The lowest BCUT2D eigenvalue weighted by molar-refractivity contribution is 0.0915. The Balaban J connectivity index is 0.00000338. The Bertz CT molecular complexity index is 668. The van der Waals surface area contributed by atoms with E-state index in [2.05, 4.69) is 27.8 Å². The number of sulfone groups is 1. The molecule has 3 atom stereocenters. The standard InChI is InChI=1S/C18H29N3O3S.HI/c1-14(10-12-25(3,22)23)21-18(19-2)20-13-16-9-11-24-17(16)15-7-5-4-6-8-15;/h4-8,14,16-17H,9-13H2,1-3H3,(H2,19,20,21);1H. The van der Waals surface area contributed by atoms with E-state index in [0.717, 1.165) is 19.6 Å². The van der Waals surface area contributed by atoms with Crippen LogP contribution >= 0.6 is 24.0 Å². The van der Waals surface area contributed by atoms with Crippen molar-refractivity contribution in [2.45, 2.75) is 31.9 Å². The zero-order chi connectivity index (χ0) is 18.3. The van der Waals surface area contributed by atoms with Gasteiger partial charge in [-0.2, -0.15) is 0 Å². The lowest BCUT2D eigenvalue weighted by atomic mass is 9.95. The van der Waals surface area contributed by atoms with E-state index in [1.807, 2.05) is 25.1 Å². The number of ether oxygens (including phenoxy) is 1. The first-order valence-corrected chi connectivity index (χ1v) is 10.8. The van der Waals surface area contributed by atoms with Crippen LogP contribution < -0.4 is 10.6 Å². The summed E-state index contributed by atoms with van der Waals surface area (Å²) in [5.74, 6) is 1.25. The molecule has 1 aliphatic heterocycles. The minimum atomic E-state index is -2.94. The summed E-state index contributed by atoms with van der Waals surface area (Å²) in [5, 5.41) is 6.60. The van der Waals surface area contributed by atoms with Gasteiger partial charge < -0.3 is 15.4 Å². The fourth-order valence-corrected chi connectivity index (χ4v) is 3.75. The predicted molar refractivity (Wildman–Crippen MR) is 117 cm³/mol. The van der Waals surface area contributed by atoms with E-state index >= 15 is 0 Å². The Kier molecular flexibility index (Phi) is 9.88. The van der Waals surface area contributed by atoms with Crippen LogP contribution in [0.25, 0.3) is 0 Å². The maximum Gasteiger partial charge on any atom is 0.191 e. The van der Waals surface area contributed by atoms with Gasteiger partial charge in [0, 0.05) is 38.4 Å². The molecule has 1 aromatic rings. The molecule has 26 heavy (non-hydrogen) atoms. The SMILES string of the molecule is CN=C(NCC1CCOC1c1ccccc1)NC(C)CCS(C)(=O)=O.I. The first kappa shape index (κ1) is 23.2. The summed E-state index contributed by atoms with van der Waals surface area (Å²) in [4.78, 5) is 4.24. The van der Waals surface area contributed by atoms with Gasteiger partial charge in [0.05, 0.1) is 11.9 Å². The fraction of sp³-hybridized carbons (Fsp3) is 0.611. The highest BCUT2D eigenvalue weighted by molar-refractivity contribution is 14.0. The van der Waals surface area contributed by atoms with Crippen LogP contribution in [0.3, 0.4) is 0 Å². The number of rotatable bonds is 7. The first-order chi connectivity index (χ1) is 11.9. The molecule has 2 N–H and O–H groups in total. The highest BCUT2D eigenvalue weighted by Gasteiger charge is 2.29. The molecule has 148 valence electrons. The van der Waals surface area contributed by atoms with Crippen LogP contribution in [0.5, 0.6) is 0 Å². The molecule has 0 spiro atoms. The number of hydrogen-bond acceptors (Lipinski definition) is 4. The summed E-state index contributed by atoms with van der Waals surface area (Å²) in [6.07, 6.45) is 2.93. The van der Waals surface area contributed by atoms with Crippen molar-refractivity contribution in [1.29, 1.82) is 0 Å². The number of nitrogens with one attached hydrogen (secondary N) is 2. The highest BCUT2D eigenvalue weighted by Crippen LogP contribution is 2.33. The Hall–Kier alpha value is -0.870. The Morgan fingerprint density at radius 1 is 1.35 bits per heavy atom.